The molecular formula is C15H12F2NO3. The second-order valence-electron chi connectivity index (χ2n) is 4.76. The van der Waals surface area contributed by atoms with Gasteiger partial charge in [0, 0.05) is 6.54 Å². The van der Waals surface area contributed by atoms with Gasteiger partial charge < -0.3 is 10.0 Å². The second-order valence-corrected chi connectivity index (χ2v) is 4.76. The molecule has 1 saturated heterocycles. The van der Waals surface area contributed by atoms with Crippen LogP contribution in [-0.4, -0.2) is 34.5 Å². The molecule has 2 rings (SSSR count). The van der Waals surface area contributed by atoms with E-state index < -0.39 is 40.7 Å². The Morgan fingerprint density at radius 3 is 2.62 bits per heavy atom. The first-order chi connectivity index (χ1) is 9.97. The van der Waals surface area contributed by atoms with Gasteiger partial charge in [0.1, 0.15) is 6.04 Å². The molecule has 0 aliphatic carbocycles. The number of carbonyl (C=O) groups excluding carboxylic acids is 1. The van der Waals surface area contributed by atoms with Gasteiger partial charge in [-0.25, -0.2) is 13.6 Å². The van der Waals surface area contributed by atoms with E-state index in [0.717, 1.165) is 17.0 Å². The van der Waals surface area contributed by atoms with Crippen molar-refractivity contribution in [3.8, 4) is 5.92 Å². The molecule has 1 fully saturated rings. The summed E-state index contributed by atoms with van der Waals surface area (Å²) in [5.74, 6) is -3.00. The lowest BCUT2D eigenvalue weighted by molar-refractivity contribution is -0.143. The Hall–Kier alpha value is -2.42. The van der Waals surface area contributed by atoms with Crippen molar-refractivity contribution in [2.24, 2.45) is 0 Å². The summed E-state index contributed by atoms with van der Waals surface area (Å²) in [5, 5.41) is 9.11. The number of hydrogen-bond donors (Lipinski definition) is 1. The van der Waals surface area contributed by atoms with Crippen molar-refractivity contribution in [3.63, 3.8) is 0 Å². The Labute approximate surface area is 120 Å². The van der Waals surface area contributed by atoms with Crippen LogP contribution in [0.4, 0.5) is 8.78 Å². The van der Waals surface area contributed by atoms with E-state index in [2.05, 4.69) is 0 Å². The molecule has 1 aromatic carbocycles. The van der Waals surface area contributed by atoms with Crippen molar-refractivity contribution >= 4 is 11.9 Å². The van der Waals surface area contributed by atoms with Crippen LogP contribution in [0.5, 0.6) is 0 Å². The van der Waals surface area contributed by atoms with Crippen molar-refractivity contribution < 1.29 is 23.5 Å². The summed E-state index contributed by atoms with van der Waals surface area (Å²) in [6.07, 6.45) is 8.39. The summed E-state index contributed by atoms with van der Waals surface area (Å²) in [6.45, 7) is 0.190. The Morgan fingerprint density at radius 2 is 2.00 bits per heavy atom. The predicted molar refractivity (Wildman–Crippen MR) is 68.9 cm³/mol. The molecule has 0 spiro atoms. The number of amides is 1. The monoisotopic (exact) mass is 292 g/mol. The summed E-state index contributed by atoms with van der Waals surface area (Å²) in [6, 6.07) is 1.09. The number of rotatable bonds is 2. The van der Waals surface area contributed by atoms with E-state index in [1.807, 2.05) is 0 Å². The van der Waals surface area contributed by atoms with E-state index in [1.54, 1.807) is 5.92 Å². The van der Waals surface area contributed by atoms with Gasteiger partial charge in [-0.3, -0.25) is 4.79 Å². The molecule has 6 heteroatoms. The van der Waals surface area contributed by atoms with Gasteiger partial charge in [-0.05, 0) is 43.7 Å². The highest BCUT2D eigenvalue weighted by Crippen LogP contribution is 2.23. The van der Waals surface area contributed by atoms with Gasteiger partial charge in [0.05, 0.1) is 11.1 Å². The van der Waals surface area contributed by atoms with Gasteiger partial charge in [0.25, 0.3) is 5.91 Å². The largest absolute Gasteiger partial charge is 0.480 e. The molecule has 1 amide bonds. The van der Waals surface area contributed by atoms with Crippen LogP contribution in [0.3, 0.4) is 0 Å². The topological polar surface area (TPSA) is 57.6 Å². The molecule has 1 aliphatic rings. The highest BCUT2D eigenvalue weighted by Gasteiger charge is 2.34. The minimum Gasteiger partial charge on any atom is -0.480 e. The van der Waals surface area contributed by atoms with Gasteiger partial charge in [0.15, 0.2) is 11.6 Å². The van der Waals surface area contributed by atoms with Crippen LogP contribution >= 0.6 is 0 Å². The van der Waals surface area contributed by atoms with E-state index in [-0.39, 0.29) is 13.0 Å². The minimum absolute atomic E-state index is 0.190. The fraction of sp³-hybridized carbons (Fsp3) is 0.333. The van der Waals surface area contributed by atoms with Crippen molar-refractivity contribution in [2.45, 2.75) is 25.3 Å². The molecule has 1 atom stereocenters. The summed E-state index contributed by atoms with van der Waals surface area (Å²) in [5.41, 5.74) is -0.919. The molecule has 21 heavy (non-hydrogen) atoms. The number of carboxylic acids is 1. The average molecular weight is 292 g/mol. The van der Waals surface area contributed by atoms with Crippen LogP contribution < -0.4 is 0 Å². The molecule has 1 aliphatic heterocycles. The lowest BCUT2D eigenvalue weighted by atomic mass is 10.00. The molecule has 0 aromatic heterocycles. The van der Waals surface area contributed by atoms with Crippen LogP contribution in [0.15, 0.2) is 12.1 Å². The van der Waals surface area contributed by atoms with Gasteiger partial charge in [0.2, 0.25) is 0 Å². The zero-order chi connectivity index (χ0) is 15.6. The first-order valence-electron chi connectivity index (χ1n) is 6.42. The van der Waals surface area contributed by atoms with Crippen LogP contribution in [-0.2, 0) is 4.79 Å². The SMILES string of the molecule is [C]#Cc1ccc(C(=O)N2CCCCC2C(=O)O)c(F)c1F. The maximum absolute atomic E-state index is 13.9. The Kier molecular flexibility index (Phi) is 4.22. The average Bonchev–Trinajstić information content (AvgIpc) is 2.49. The normalized spacial score (nSPS) is 18.1. The standard InChI is InChI=1S/C15H12F2NO3/c1-2-9-6-7-10(13(17)12(9)16)14(19)18-8-4-3-5-11(18)15(20)21/h6-7,11H,3-5,8H2,(H,20,21). The van der Waals surface area contributed by atoms with Crippen LogP contribution in [0, 0.1) is 24.0 Å². The van der Waals surface area contributed by atoms with E-state index in [0.29, 0.717) is 12.8 Å². The third-order valence-electron chi connectivity index (χ3n) is 3.50. The minimum atomic E-state index is -1.38. The van der Waals surface area contributed by atoms with Crippen LogP contribution in [0.2, 0.25) is 0 Å². The van der Waals surface area contributed by atoms with Crippen molar-refractivity contribution in [1.82, 2.24) is 4.90 Å². The molecule has 4 nitrogen and oxygen atoms in total. The number of carbonyl (C=O) groups is 2. The third-order valence-corrected chi connectivity index (χ3v) is 3.50. The predicted octanol–water partition coefficient (Wildman–Crippen LogP) is 1.98. The number of likely N-dealkylation sites (tertiary alicyclic amines) is 1. The first kappa shape index (κ1) is 15.0. The number of halogens is 2. The lowest BCUT2D eigenvalue weighted by Crippen LogP contribution is -2.48. The quantitative estimate of drug-likeness (QED) is 0.848. The number of hydrogen-bond acceptors (Lipinski definition) is 2. The van der Waals surface area contributed by atoms with Gasteiger partial charge >= 0.3 is 5.97 Å². The second kappa shape index (κ2) is 5.92. The summed E-state index contributed by atoms with van der Waals surface area (Å²) < 4.78 is 27.5. The zero-order valence-electron chi connectivity index (χ0n) is 11.0. The lowest BCUT2D eigenvalue weighted by Gasteiger charge is -2.33. The number of benzene rings is 1. The van der Waals surface area contributed by atoms with Crippen LogP contribution in [0.1, 0.15) is 35.2 Å². The molecule has 1 heterocycles. The fourth-order valence-corrected chi connectivity index (χ4v) is 2.40. The first-order valence-corrected chi connectivity index (χ1v) is 6.42. The van der Waals surface area contributed by atoms with E-state index in [9.17, 15) is 18.4 Å². The smallest absolute Gasteiger partial charge is 0.326 e. The molecule has 1 aromatic rings. The number of carboxylic acid groups (broad SMARTS) is 1. The van der Waals surface area contributed by atoms with Crippen molar-refractivity contribution in [1.29, 1.82) is 0 Å². The maximum Gasteiger partial charge on any atom is 0.326 e. The molecule has 0 saturated carbocycles. The summed E-state index contributed by atoms with van der Waals surface area (Å²) >= 11 is 0. The van der Waals surface area contributed by atoms with Gasteiger partial charge in [-0.2, -0.15) is 0 Å². The summed E-state index contributed by atoms with van der Waals surface area (Å²) in [4.78, 5) is 24.5. The Morgan fingerprint density at radius 1 is 1.29 bits per heavy atom. The third kappa shape index (κ3) is 2.72. The van der Waals surface area contributed by atoms with E-state index in [1.165, 1.54) is 0 Å². The number of aliphatic carboxylic acids is 1. The fourth-order valence-electron chi connectivity index (χ4n) is 2.40. The van der Waals surface area contributed by atoms with Crippen molar-refractivity contribution in [3.05, 3.63) is 41.3 Å². The maximum atomic E-state index is 13.9. The van der Waals surface area contributed by atoms with E-state index in [4.69, 9.17) is 11.5 Å². The molecular weight excluding hydrogens is 280 g/mol. The number of nitrogens with zero attached hydrogens (tertiary/aromatic N) is 1. The molecule has 0 bridgehead atoms. The highest BCUT2D eigenvalue weighted by atomic mass is 19.2. The van der Waals surface area contributed by atoms with E-state index >= 15 is 0 Å². The molecule has 109 valence electrons. The molecule has 1 unspecified atom stereocenters. The molecule has 1 N–H and O–H groups in total. The Balaban J connectivity index is 2.38. The van der Waals surface area contributed by atoms with Crippen molar-refractivity contribution in [2.75, 3.05) is 6.54 Å². The zero-order valence-corrected chi connectivity index (χ0v) is 11.0. The summed E-state index contributed by atoms with van der Waals surface area (Å²) in [7, 11) is 0. The van der Waals surface area contributed by atoms with Gasteiger partial charge in [-0.15, -0.1) is 0 Å². The Bertz CT molecular complexity index is 637. The number of piperidine rings is 1. The highest BCUT2D eigenvalue weighted by molar-refractivity contribution is 5.97. The van der Waals surface area contributed by atoms with Gasteiger partial charge in [-0.1, -0.05) is 0 Å². The molecule has 1 radical (unpaired) electrons. The van der Waals surface area contributed by atoms with Crippen LogP contribution in [0.25, 0.3) is 0 Å².